The molecule has 0 spiro atoms. The summed E-state index contributed by atoms with van der Waals surface area (Å²) in [4.78, 5) is 0. The van der Waals surface area contributed by atoms with Crippen LogP contribution >= 0.6 is 25.3 Å². The largest absolute Gasteiger partial charge is 0.0622 e. The summed E-state index contributed by atoms with van der Waals surface area (Å²) in [7, 11) is 3.99. The molecule has 190 valence electrons. The fourth-order valence-electron chi connectivity index (χ4n) is 3.78. The van der Waals surface area contributed by atoms with Gasteiger partial charge in [-0.1, -0.05) is 134 Å². The number of halogens is 1. The van der Waals surface area contributed by atoms with Crippen LogP contribution in [0.4, 0.5) is 0 Å². The van der Waals surface area contributed by atoms with Crippen LogP contribution in [0.15, 0.2) is 134 Å². The normalized spacial score (nSPS) is 10.2. The first-order chi connectivity index (χ1) is 17.8. The number of benzene rings is 4. The molecule has 0 nitrogen and oxygen atoms in total. The van der Waals surface area contributed by atoms with Gasteiger partial charge < -0.3 is 6.92 Å². The summed E-state index contributed by atoms with van der Waals surface area (Å²) in [5.41, 5.74) is 0. The Morgan fingerprint density at radius 2 is 0.861 bits per heavy atom. The van der Waals surface area contributed by atoms with Crippen molar-refractivity contribution in [3.8, 4) is 0 Å². The first-order valence-electron chi connectivity index (χ1n) is 12.1. The molecule has 0 heterocycles. The van der Waals surface area contributed by atoms with Gasteiger partial charge in [-0.3, -0.25) is 0 Å². The Balaban J connectivity index is 0.000000583. The minimum atomic E-state index is -0.309. The smallest absolute Gasteiger partial charge is 0.0195 e. The van der Waals surface area contributed by atoms with Crippen molar-refractivity contribution in [1.82, 2.24) is 0 Å². The van der Waals surface area contributed by atoms with Crippen LogP contribution < -0.4 is 21.2 Å². The fraction of sp³-hybridized carbons (Fsp3) is 0.156. The second-order valence-electron chi connectivity index (χ2n) is 7.93. The van der Waals surface area contributed by atoms with Gasteiger partial charge in [-0.2, -0.15) is 6.42 Å². The maximum atomic E-state index is 4.61. The Kier molecular flexibility index (Phi) is 16.7. The zero-order chi connectivity index (χ0) is 25.8. The van der Waals surface area contributed by atoms with E-state index in [0.717, 1.165) is 12.8 Å². The predicted octanol–water partition coefficient (Wildman–Crippen LogP) is 8.12. The SMILES string of the molecule is C=CCC[CH2-].[Cl][Pt+].c1ccc(P(CCCP(c2ccccc2)c2ccccc2)c2ccccc2)cc1. The van der Waals surface area contributed by atoms with Gasteiger partial charge in [0, 0.05) is 0 Å². The molecule has 0 saturated heterocycles. The van der Waals surface area contributed by atoms with Crippen molar-refractivity contribution < 1.29 is 18.8 Å². The third-order valence-electron chi connectivity index (χ3n) is 5.44. The Hall–Kier alpha value is -1.54. The number of rotatable bonds is 10. The molecule has 0 aliphatic rings. The van der Waals surface area contributed by atoms with E-state index in [1.54, 1.807) is 18.8 Å². The Labute approximate surface area is 236 Å². The Bertz CT molecular complexity index is 898. The second kappa shape index (κ2) is 19.6. The minimum absolute atomic E-state index is 0.309. The third kappa shape index (κ3) is 10.8. The van der Waals surface area contributed by atoms with Crippen LogP contribution in [0.2, 0.25) is 0 Å². The van der Waals surface area contributed by atoms with E-state index < -0.39 is 0 Å². The molecular weight excluding hydrogens is 677 g/mol. The summed E-state index contributed by atoms with van der Waals surface area (Å²) in [5, 5.41) is 5.94. The van der Waals surface area contributed by atoms with Gasteiger partial charge in [0.1, 0.15) is 0 Å². The van der Waals surface area contributed by atoms with Crippen LogP contribution in [0.5, 0.6) is 0 Å². The molecule has 4 aromatic carbocycles. The van der Waals surface area contributed by atoms with Crippen molar-refractivity contribution in [1.29, 1.82) is 0 Å². The molecule has 0 amide bonds. The molecule has 0 aliphatic carbocycles. The van der Waals surface area contributed by atoms with Crippen LogP contribution in [-0.4, -0.2) is 12.3 Å². The first kappa shape index (κ1) is 30.7. The van der Waals surface area contributed by atoms with Gasteiger partial charge >= 0.3 is 28.2 Å². The van der Waals surface area contributed by atoms with Crippen molar-refractivity contribution in [3.05, 3.63) is 141 Å². The van der Waals surface area contributed by atoms with Gasteiger partial charge in [0.05, 0.1) is 0 Å². The van der Waals surface area contributed by atoms with Crippen molar-refractivity contribution in [3.63, 3.8) is 0 Å². The zero-order valence-corrected chi connectivity index (χ0v) is 25.5. The number of hydrogen-bond donors (Lipinski definition) is 0. The molecule has 0 aliphatic heterocycles. The molecule has 0 bridgehead atoms. The molecular formula is C32H35ClP2Pt. The van der Waals surface area contributed by atoms with Gasteiger partial charge in [0.15, 0.2) is 0 Å². The molecule has 4 aromatic rings. The van der Waals surface area contributed by atoms with Crippen LogP contribution in [-0.2, 0) is 18.8 Å². The summed E-state index contributed by atoms with van der Waals surface area (Å²) in [6, 6.07) is 44.3. The monoisotopic (exact) mass is 711 g/mol. The van der Waals surface area contributed by atoms with E-state index in [1.165, 1.54) is 40.0 Å². The molecule has 4 heteroatoms. The molecule has 0 N–H and O–H groups in total. The van der Waals surface area contributed by atoms with E-state index in [4.69, 9.17) is 0 Å². The van der Waals surface area contributed by atoms with E-state index in [-0.39, 0.29) is 15.8 Å². The molecule has 36 heavy (non-hydrogen) atoms. The maximum absolute atomic E-state index is 4.61. The van der Waals surface area contributed by atoms with E-state index >= 15 is 0 Å². The number of allylic oxidation sites excluding steroid dienone is 1. The quantitative estimate of drug-likeness (QED) is 0.0886. The summed E-state index contributed by atoms with van der Waals surface area (Å²) >= 11 is 1.61. The molecule has 0 fully saturated rings. The van der Waals surface area contributed by atoms with Crippen molar-refractivity contribution >= 4 is 46.5 Å². The van der Waals surface area contributed by atoms with Gasteiger partial charge in [0.25, 0.3) is 0 Å². The Morgan fingerprint density at radius 3 is 1.06 bits per heavy atom. The second-order valence-corrected chi connectivity index (χ2v) is 12.6. The van der Waals surface area contributed by atoms with E-state index in [1.807, 2.05) is 6.08 Å². The predicted molar refractivity (Wildman–Crippen MR) is 163 cm³/mol. The van der Waals surface area contributed by atoms with Crippen molar-refractivity contribution in [2.75, 3.05) is 12.3 Å². The number of unbranched alkanes of at least 4 members (excludes halogenated alkanes) is 1. The van der Waals surface area contributed by atoms with E-state index in [9.17, 15) is 0 Å². The van der Waals surface area contributed by atoms with Crippen LogP contribution in [0.1, 0.15) is 19.3 Å². The molecule has 0 saturated carbocycles. The van der Waals surface area contributed by atoms with E-state index in [0.29, 0.717) is 0 Å². The number of hydrogen-bond acceptors (Lipinski definition) is 0. The molecule has 0 atom stereocenters. The average molecular weight is 712 g/mol. The standard InChI is InChI=1S/C27H26P2.C5H9.ClH.Pt/c1-5-14-24(15-6-1)28(25-16-7-2-8-17-25)22-13-23-29(26-18-9-3-10-19-26)27-20-11-4-12-21-27;1-3-5-4-2;;/h1-12,14-21H,13,22-23H2;3H,1-2,4-5H2;1H;/q;-1;;+2/p-1. The summed E-state index contributed by atoms with van der Waals surface area (Å²) in [6.45, 7) is 7.11. The van der Waals surface area contributed by atoms with Crippen LogP contribution in [0, 0.1) is 6.92 Å². The molecule has 0 unspecified atom stereocenters. The Morgan fingerprint density at radius 1 is 0.583 bits per heavy atom. The minimum Gasteiger partial charge on any atom is -0.0622 e. The molecule has 0 aromatic heterocycles. The van der Waals surface area contributed by atoms with Crippen molar-refractivity contribution in [2.24, 2.45) is 0 Å². The van der Waals surface area contributed by atoms with E-state index in [2.05, 4.69) is 144 Å². The summed E-state index contributed by atoms with van der Waals surface area (Å²) in [6.07, 6.45) is 7.60. The van der Waals surface area contributed by atoms with Crippen molar-refractivity contribution in [2.45, 2.75) is 19.3 Å². The van der Waals surface area contributed by atoms with Crippen LogP contribution in [0.25, 0.3) is 0 Å². The van der Waals surface area contributed by atoms with Gasteiger partial charge in [0.2, 0.25) is 0 Å². The van der Waals surface area contributed by atoms with Gasteiger partial charge in [-0.15, -0.1) is 6.58 Å². The zero-order valence-electron chi connectivity index (χ0n) is 20.7. The summed E-state index contributed by atoms with van der Waals surface area (Å²) in [5.74, 6) is 0. The average Bonchev–Trinajstić information content (AvgIpc) is 2.97. The summed E-state index contributed by atoms with van der Waals surface area (Å²) < 4.78 is 0. The third-order valence-corrected chi connectivity index (χ3v) is 10.7. The van der Waals surface area contributed by atoms with Crippen LogP contribution in [0.3, 0.4) is 0 Å². The topological polar surface area (TPSA) is 0 Å². The molecule has 4 rings (SSSR count). The first-order valence-corrected chi connectivity index (χ1v) is 18.0. The molecule has 0 radical (unpaired) electrons. The fourth-order valence-corrected chi connectivity index (χ4v) is 8.73. The maximum Gasteiger partial charge on any atom is -0.0195 e. The van der Waals surface area contributed by atoms with Gasteiger partial charge in [-0.25, -0.2) is 0 Å². The van der Waals surface area contributed by atoms with Gasteiger partial charge in [-0.05, 0) is 55.8 Å².